The molecule has 7 nitrogen and oxygen atoms in total. The van der Waals surface area contributed by atoms with Gasteiger partial charge in [-0.3, -0.25) is 4.40 Å². The lowest BCUT2D eigenvalue weighted by atomic mass is 10.7. The minimum Gasteiger partial charge on any atom is -0.278 e. The summed E-state index contributed by atoms with van der Waals surface area (Å²) in [5.74, 6) is -0.0243. The van der Waals surface area contributed by atoms with Crippen LogP contribution in [0.2, 0.25) is 5.15 Å². The highest BCUT2D eigenvalue weighted by Gasteiger charge is 2.25. The number of anilines is 1. The third-order valence-electron chi connectivity index (χ3n) is 2.22. The predicted molar refractivity (Wildman–Crippen MR) is 70.9 cm³/mol. The maximum absolute atomic E-state index is 12.3. The molecule has 0 saturated carbocycles. The van der Waals surface area contributed by atoms with E-state index in [1.807, 2.05) is 0 Å². The Labute approximate surface area is 117 Å². The van der Waals surface area contributed by atoms with Crippen molar-refractivity contribution in [2.45, 2.75) is 5.03 Å². The van der Waals surface area contributed by atoms with Crippen LogP contribution in [0.3, 0.4) is 0 Å². The molecule has 0 aromatic carbocycles. The van der Waals surface area contributed by atoms with Gasteiger partial charge >= 0.3 is 0 Å². The van der Waals surface area contributed by atoms with E-state index in [1.54, 1.807) is 17.6 Å². The fourth-order valence-corrected chi connectivity index (χ4v) is 3.91. The summed E-state index contributed by atoms with van der Waals surface area (Å²) in [6.07, 6.45) is 4.45. The van der Waals surface area contributed by atoms with Gasteiger partial charge in [-0.2, -0.15) is 8.42 Å². The summed E-state index contributed by atoms with van der Waals surface area (Å²) < 4.78 is 28.2. The Bertz CT molecular complexity index is 827. The third-order valence-corrected chi connectivity index (χ3v) is 4.71. The normalized spacial score (nSPS) is 11.8. The van der Waals surface area contributed by atoms with Crippen molar-refractivity contribution in [3.63, 3.8) is 0 Å². The van der Waals surface area contributed by atoms with Gasteiger partial charge in [0.15, 0.2) is 15.1 Å². The summed E-state index contributed by atoms with van der Waals surface area (Å²) in [6.45, 7) is 0. The van der Waals surface area contributed by atoms with Crippen molar-refractivity contribution >= 4 is 43.9 Å². The second kappa shape index (κ2) is 4.44. The number of halogens is 1. The number of nitrogens with zero attached hydrogens (tertiary/aromatic N) is 4. The quantitative estimate of drug-likeness (QED) is 0.793. The molecule has 98 valence electrons. The molecule has 0 unspecified atom stereocenters. The molecular formula is C9H6ClN5O2S2. The van der Waals surface area contributed by atoms with Crippen molar-refractivity contribution in [3.8, 4) is 0 Å². The SMILES string of the molecule is O=S(=O)(Nc1ncccn1)c1c(Cl)nc2sccn12. The standard InChI is InChI=1S/C9H6ClN5O2S2/c10-6-7(15-4-5-18-9(15)13-6)19(16,17)14-8-11-2-1-3-12-8/h1-5H,(H,11,12,14). The van der Waals surface area contributed by atoms with Crippen LogP contribution in [-0.4, -0.2) is 27.8 Å². The minimum absolute atomic E-state index is 0.0243. The van der Waals surface area contributed by atoms with E-state index >= 15 is 0 Å². The lowest BCUT2D eigenvalue weighted by Gasteiger charge is -2.05. The van der Waals surface area contributed by atoms with E-state index in [4.69, 9.17) is 11.6 Å². The molecule has 0 atom stereocenters. The van der Waals surface area contributed by atoms with Gasteiger partial charge in [-0.15, -0.1) is 11.3 Å². The zero-order chi connectivity index (χ0) is 13.5. The number of hydrogen-bond acceptors (Lipinski definition) is 6. The smallest absolute Gasteiger partial charge is 0.278 e. The first-order valence-electron chi connectivity index (χ1n) is 4.99. The summed E-state index contributed by atoms with van der Waals surface area (Å²) in [5.41, 5.74) is 0. The largest absolute Gasteiger partial charge is 0.283 e. The molecule has 0 saturated heterocycles. The molecule has 0 aliphatic carbocycles. The van der Waals surface area contributed by atoms with E-state index in [2.05, 4.69) is 19.7 Å². The first-order chi connectivity index (χ1) is 9.08. The van der Waals surface area contributed by atoms with Gasteiger partial charge in [0.25, 0.3) is 10.0 Å². The fraction of sp³-hybridized carbons (Fsp3) is 0. The third kappa shape index (κ3) is 2.15. The molecule has 0 amide bonds. The Morgan fingerprint density at radius 1 is 1.32 bits per heavy atom. The van der Waals surface area contributed by atoms with Crippen LogP contribution in [0.1, 0.15) is 0 Å². The molecule has 3 heterocycles. The lowest BCUT2D eigenvalue weighted by Crippen LogP contribution is -2.16. The summed E-state index contributed by atoms with van der Waals surface area (Å²) in [6, 6.07) is 1.58. The van der Waals surface area contributed by atoms with Crippen LogP contribution in [0.4, 0.5) is 5.95 Å². The van der Waals surface area contributed by atoms with Crippen LogP contribution in [-0.2, 0) is 10.0 Å². The van der Waals surface area contributed by atoms with Gasteiger partial charge in [-0.25, -0.2) is 19.7 Å². The Morgan fingerprint density at radius 2 is 2.05 bits per heavy atom. The molecule has 3 aromatic rings. The predicted octanol–water partition coefficient (Wildman–Crippen LogP) is 1.64. The number of nitrogens with one attached hydrogen (secondary N) is 1. The maximum Gasteiger partial charge on any atom is 0.283 e. The molecule has 10 heteroatoms. The highest BCUT2D eigenvalue weighted by atomic mass is 35.5. The number of hydrogen-bond donors (Lipinski definition) is 1. The minimum atomic E-state index is -3.90. The average molecular weight is 316 g/mol. The molecule has 0 spiro atoms. The Balaban J connectivity index is 2.10. The molecule has 0 aliphatic rings. The molecule has 3 aromatic heterocycles. The Morgan fingerprint density at radius 3 is 2.79 bits per heavy atom. The molecular weight excluding hydrogens is 310 g/mol. The number of imidazole rings is 1. The van der Waals surface area contributed by atoms with Crippen LogP contribution >= 0.6 is 22.9 Å². The van der Waals surface area contributed by atoms with Gasteiger partial charge in [0.05, 0.1) is 0 Å². The number of rotatable bonds is 3. The number of sulfonamides is 1. The molecule has 0 radical (unpaired) electrons. The van der Waals surface area contributed by atoms with Crippen molar-refractivity contribution in [2.75, 3.05) is 4.72 Å². The number of fused-ring (bicyclic) bond motifs is 1. The summed E-state index contributed by atoms with van der Waals surface area (Å²) in [4.78, 5) is 12.1. The second-order valence-corrected chi connectivity index (χ2v) is 6.27. The zero-order valence-corrected chi connectivity index (χ0v) is 11.6. The summed E-state index contributed by atoms with van der Waals surface area (Å²) in [5, 5.41) is 1.50. The molecule has 0 bridgehead atoms. The first kappa shape index (κ1) is 12.3. The first-order valence-corrected chi connectivity index (χ1v) is 7.73. The van der Waals surface area contributed by atoms with Gasteiger partial charge in [-0.1, -0.05) is 11.6 Å². The Kier molecular flexibility index (Phi) is 2.88. The van der Waals surface area contributed by atoms with Gasteiger partial charge in [-0.05, 0) is 6.07 Å². The Hall–Kier alpha value is -1.71. The van der Waals surface area contributed by atoms with Gasteiger partial charge in [0.1, 0.15) is 0 Å². The van der Waals surface area contributed by atoms with E-state index in [9.17, 15) is 8.42 Å². The van der Waals surface area contributed by atoms with Gasteiger partial charge < -0.3 is 0 Å². The number of aromatic nitrogens is 4. The van der Waals surface area contributed by atoms with Crippen LogP contribution in [0.15, 0.2) is 35.1 Å². The van der Waals surface area contributed by atoms with Crippen LogP contribution < -0.4 is 4.72 Å². The lowest BCUT2D eigenvalue weighted by molar-refractivity contribution is 0.596. The van der Waals surface area contributed by atoms with E-state index in [0.717, 1.165) is 0 Å². The van der Waals surface area contributed by atoms with Gasteiger partial charge in [0.2, 0.25) is 5.95 Å². The van der Waals surface area contributed by atoms with Crippen molar-refractivity contribution in [2.24, 2.45) is 0 Å². The monoisotopic (exact) mass is 315 g/mol. The number of thiazole rings is 1. The second-order valence-electron chi connectivity index (χ2n) is 3.44. The van der Waals surface area contributed by atoms with Crippen molar-refractivity contribution in [1.82, 2.24) is 19.4 Å². The zero-order valence-electron chi connectivity index (χ0n) is 9.19. The topological polar surface area (TPSA) is 89.2 Å². The highest BCUT2D eigenvalue weighted by molar-refractivity contribution is 7.92. The summed E-state index contributed by atoms with van der Waals surface area (Å²) in [7, 11) is -3.90. The van der Waals surface area contributed by atoms with Crippen LogP contribution in [0, 0.1) is 0 Å². The van der Waals surface area contributed by atoms with Crippen molar-refractivity contribution in [1.29, 1.82) is 0 Å². The van der Waals surface area contributed by atoms with E-state index < -0.39 is 10.0 Å². The average Bonchev–Trinajstić information content (AvgIpc) is 2.88. The summed E-state index contributed by atoms with van der Waals surface area (Å²) >= 11 is 7.16. The van der Waals surface area contributed by atoms with Crippen LogP contribution in [0.25, 0.3) is 4.96 Å². The van der Waals surface area contributed by atoms with Crippen molar-refractivity contribution < 1.29 is 8.42 Å². The molecule has 3 rings (SSSR count). The molecule has 1 N–H and O–H groups in total. The van der Waals surface area contributed by atoms with Crippen molar-refractivity contribution in [3.05, 3.63) is 35.2 Å². The highest BCUT2D eigenvalue weighted by Crippen LogP contribution is 2.26. The van der Waals surface area contributed by atoms with Gasteiger partial charge in [0, 0.05) is 24.0 Å². The van der Waals surface area contributed by atoms with E-state index in [1.165, 1.54) is 28.1 Å². The molecule has 19 heavy (non-hydrogen) atoms. The maximum atomic E-state index is 12.3. The molecule has 0 fully saturated rings. The van der Waals surface area contributed by atoms with Crippen LogP contribution in [0.5, 0.6) is 0 Å². The van der Waals surface area contributed by atoms with E-state index in [0.29, 0.717) is 4.96 Å². The fourth-order valence-electron chi connectivity index (χ4n) is 1.50. The van der Waals surface area contributed by atoms with E-state index in [-0.39, 0.29) is 16.1 Å². The molecule has 0 aliphatic heterocycles.